The van der Waals surface area contributed by atoms with Gasteiger partial charge >= 0.3 is 5.82 Å². The van der Waals surface area contributed by atoms with Crippen LogP contribution in [0, 0.1) is 10.1 Å². The lowest BCUT2D eigenvalue weighted by molar-refractivity contribution is -0.388. The van der Waals surface area contributed by atoms with Crippen LogP contribution in [0.3, 0.4) is 0 Å². The molecule has 0 aliphatic rings. The number of fused-ring (bicyclic) bond motifs is 1. The SMILES string of the molecule is Nc1cc2ccccc2nc1[N+](=O)[O-]. The summed E-state index contributed by atoms with van der Waals surface area (Å²) in [6, 6.07) is 8.68. The highest BCUT2D eigenvalue weighted by Crippen LogP contribution is 2.23. The highest BCUT2D eigenvalue weighted by atomic mass is 16.6. The molecule has 70 valence electrons. The molecule has 0 atom stereocenters. The van der Waals surface area contributed by atoms with Crippen molar-refractivity contribution in [2.45, 2.75) is 0 Å². The van der Waals surface area contributed by atoms with Gasteiger partial charge in [-0.3, -0.25) is 0 Å². The number of aromatic nitrogens is 1. The van der Waals surface area contributed by atoms with Gasteiger partial charge in [0.1, 0.15) is 5.69 Å². The van der Waals surface area contributed by atoms with Crippen LogP contribution in [-0.4, -0.2) is 9.91 Å². The number of para-hydroxylation sites is 1. The summed E-state index contributed by atoms with van der Waals surface area (Å²) in [4.78, 5) is 13.8. The average Bonchev–Trinajstić information content (AvgIpc) is 2.16. The summed E-state index contributed by atoms with van der Waals surface area (Å²) >= 11 is 0. The van der Waals surface area contributed by atoms with Crippen LogP contribution in [0.15, 0.2) is 30.3 Å². The molecule has 2 rings (SSSR count). The second kappa shape index (κ2) is 2.95. The molecule has 0 amide bonds. The van der Waals surface area contributed by atoms with E-state index in [1.54, 1.807) is 18.2 Å². The number of nitrogens with zero attached hydrogens (tertiary/aromatic N) is 2. The summed E-state index contributed by atoms with van der Waals surface area (Å²) in [6.45, 7) is 0. The minimum atomic E-state index is -0.582. The molecular formula is C9H7N3O2. The van der Waals surface area contributed by atoms with Gasteiger partial charge in [-0.1, -0.05) is 18.2 Å². The highest BCUT2D eigenvalue weighted by molar-refractivity contribution is 5.84. The van der Waals surface area contributed by atoms with E-state index < -0.39 is 4.92 Å². The lowest BCUT2D eigenvalue weighted by Crippen LogP contribution is -1.98. The molecule has 0 spiro atoms. The van der Waals surface area contributed by atoms with Gasteiger partial charge in [0, 0.05) is 5.39 Å². The van der Waals surface area contributed by atoms with Gasteiger partial charge in [0.2, 0.25) is 0 Å². The largest absolute Gasteiger partial charge is 0.392 e. The number of nitrogen functional groups attached to an aromatic ring is 1. The Labute approximate surface area is 79.3 Å². The molecule has 5 heteroatoms. The molecule has 0 saturated heterocycles. The zero-order valence-electron chi connectivity index (χ0n) is 7.18. The summed E-state index contributed by atoms with van der Waals surface area (Å²) in [5.41, 5.74) is 6.15. The van der Waals surface area contributed by atoms with Gasteiger partial charge in [0.15, 0.2) is 5.52 Å². The number of benzene rings is 1. The predicted molar refractivity (Wildman–Crippen MR) is 52.8 cm³/mol. The van der Waals surface area contributed by atoms with Crippen LogP contribution in [0.4, 0.5) is 11.5 Å². The van der Waals surface area contributed by atoms with Crippen LogP contribution >= 0.6 is 0 Å². The third kappa shape index (κ3) is 1.24. The van der Waals surface area contributed by atoms with Gasteiger partial charge in [-0.15, -0.1) is 0 Å². The van der Waals surface area contributed by atoms with Crippen molar-refractivity contribution >= 4 is 22.4 Å². The topological polar surface area (TPSA) is 82.0 Å². The first-order valence-electron chi connectivity index (χ1n) is 3.98. The normalized spacial score (nSPS) is 10.3. The average molecular weight is 189 g/mol. The van der Waals surface area contributed by atoms with E-state index in [-0.39, 0.29) is 11.5 Å². The van der Waals surface area contributed by atoms with Crippen LogP contribution < -0.4 is 5.73 Å². The van der Waals surface area contributed by atoms with Crippen molar-refractivity contribution in [1.82, 2.24) is 4.98 Å². The third-order valence-electron chi connectivity index (χ3n) is 1.91. The van der Waals surface area contributed by atoms with Gasteiger partial charge in [-0.2, -0.15) is 0 Å². The fraction of sp³-hybridized carbons (Fsp3) is 0. The van der Waals surface area contributed by atoms with Crippen molar-refractivity contribution in [3.05, 3.63) is 40.4 Å². The van der Waals surface area contributed by atoms with Crippen LogP contribution in [0.2, 0.25) is 0 Å². The van der Waals surface area contributed by atoms with Crippen molar-refractivity contribution in [3.63, 3.8) is 0 Å². The van der Waals surface area contributed by atoms with Crippen molar-refractivity contribution in [3.8, 4) is 0 Å². The van der Waals surface area contributed by atoms with E-state index in [9.17, 15) is 10.1 Å². The number of nitrogens with two attached hydrogens (primary N) is 1. The molecular weight excluding hydrogens is 182 g/mol. The minimum Gasteiger partial charge on any atom is -0.392 e. The lowest BCUT2D eigenvalue weighted by Gasteiger charge is -1.98. The van der Waals surface area contributed by atoms with Gasteiger partial charge in [0.25, 0.3) is 0 Å². The maximum atomic E-state index is 10.5. The van der Waals surface area contributed by atoms with Crippen LogP contribution in [0.5, 0.6) is 0 Å². The number of hydrogen-bond acceptors (Lipinski definition) is 4. The van der Waals surface area contributed by atoms with E-state index in [1.807, 2.05) is 12.1 Å². The Hall–Kier alpha value is -2.17. The first-order chi connectivity index (χ1) is 6.68. The molecule has 2 aromatic rings. The van der Waals surface area contributed by atoms with E-state index in [2.05, 4.69) is 4.98 Å². The molecule has 0 aliphatic heterocycles. The van der Waals surface area contributed by atoms with Gasteiger partial charge in [-0.25, -0.2) is 0 Å². The van der Waals surface area contributed by atoms with Crippen LogP contribution in [0.1, 0.15) is 0 Å². The van der Waals surface area contributed by atoms with Crippen LogP contribution in [-0.2, 0) is 0 Å². The van der Waals surface area contributed by atoms with Gasteiger partial charge in [-0.05, 0) is 22.0 Å². The molecule has 0 radical (unpaired) electrons. The zero-order valence-corrected chi connectivity index (χ0v) is 7.18. The number of rotatable bonds is 1. The van der Waals surface area contributed by atoms with E-state index in [4.69, 9.17) is 5.73 Å². The van der Waals surface area contributed by atoms with Gasteiger partial charge < -0.3 is 15.8 Å². The summed E-state index contributed by atoms with van der Waals surface area (Å²) in [5, 5.41) is 11.3. The lowest BCUT2D eigenvalue weighted by atomic mass is 10.2. The minimum absolute atomic E-state index is 0.0914. The Balaban J connectivity index is 2.77. The van der Waals surface area contributed by atoms with Crippen molar-refractivity contribution in [2.75, 3.05) is 5.73 Å². The van der Waals surface area contributed by atoms with Crippen molar-refractivity contribution in [1.29, 1.82) is 0 Å². The second-order valence-corrected chi connectivity index (χ2v) is 2.85. The Bertz CT molecular complexity index is 510. The molecule has 5 nitrogen and oxygen atoms in total. The summed E-state index contributed by atoms with van der Waals surface area (Å²) < 4.78 is 0. The fourth-order valence-electron chi connectivity index (χ4n) is 1.27. The van der Waals surface area contributed by atoms with E-state index in [0.717, 1.165) is 5.39 Å². The molecule has 0 aliphatic carbocycles. The number of pyridine rings is 1. The molecule has 0 unspecified atom stereocenters. The monoisotopic (exact) mass is 189 g/mol. The molecule has 0 fully saturated rings. The first-order valence-corrected chi connectivity index (χ1v) is 3.98. The van der Waals surface area contributed by atoms with E-state index in [0.29, 0.717) is 5.52 Å². The maximum absolute atomic E-state index is 10.5. The van der Waals surface area contributed by atoms with E-state index in [1.165, 1.54) is 0 Å². The maximum Gasteiger partial charge on any atom is 0.387 e. The zero-order chi connectivity index (χ0) is 10.1. The summed E-state index contributed by atoms with van der Waals surface area (Å²) in [6.07, 6.45) is 0. The standard InChI is InChI=1S/C9H7N3O2/c10-7-5-6-3-1-2-4-8(6)11-9(7)12(13)14/h1-5H,10H2. The predicted octanol–water partition coefficient (Wildman–Crippen LogP) is 1.73. The third-order valence-corrected chi connectivity index (χ3v) is 1.91. The number of hydrogen-bond donors (Lipinski definition) is 1. The Morgan fingerprint density at radius 2 is 2.07 bits per heavy atom. The molecule has 1 aromatic carbocycles. The second-order valence-electron chi connectivity index (χ2n) is 2.85. The Morgan fingerprint density at radius 1 is 1.36 bits per heavy atom. The smallest absolute Gasteiger partial charge is 0.387 e. The molecule has 14 heavy (non-hydrogen) atoms. The summed E-state index contributed by atoms with van der Waals surface area (Å²) in [5.74, 6) is -0.288. The Kier molecular flexibility index (Phi) is 1.78. The number of anilines is 1. The molecule has 2 N–H and O–H groups in total. The molecule has 1 heterocycles. The van der Waals surface area contributed by atoms with E-state index >= 15 is 0 Å². The Morgan fingerprint density at radius 3 is 2.79 bits per heavy atom. The fourth-order valence-corrected chi connectivity index (χ4v) is 1.27. The van der Waals surface area contributed by atoms with Crippen molar-refractivity contribution < 1.29 is 4.92 Å². The van der Waals surface area contributed by atoms with Gasteiger partial charge in [0.05, 0.1) is 0 Å². The van der Waals surface area contributed by atoms with Crippen LogP contribution in [0.25, 0.3) is 10.9 Å². The summed E-state index contributed by atoms with van der Waals surface area (Å²) in [7, 11) is 0. The molecule has 0 saturated carbocycles. The molecule has 0 bridgehead atoms. The first kappa shape index (κ1) is 8.43. The quantitative estimate of drug-likeness (QED) is 0.547. The van der Waals surface area contributed by atoms with Crippen molar-refractivity contribution in [2.24, 2.45) is 0 Å². The molecule has 1 aromatic heterocycles. The number of nitro groups is 1. The highest BCUT2D eigenvalue weighted by Gasteiger charge is 2.14.